The summed E-state index contributed by atoms with van der Waals surface area (Å²) in [6.45, 7) is 11.2. The highest BCUT2D eigenvalue weighted by Crippen LogP contribution is 2.41. The average Bonchev–Trinajstić information content (AvgIpc) is 2.90. The molecule has 0 fully saturated rings. The van der Waals surface area contributed by atoms with Crippen LogP contribution in [0, 0.1) is 24.6 Å². The molecular formula is C35H34ClFO4. The van der Waals surface area contributed by atoms with Gasteiger partial charge in [0.15, 0.2) is 6.10 Å². The number of esters is 1. The molecule has 1 unspecified atom stereocenters. The average molecular weight is 573 g/mol. The minimum Gasteiger partial charge on any atom is -0.464 e. The summed E-state index contributed by atoms with van der Waals surface area (Å²) in [6, 6.07) is 20.9. The van der Waals surface area contributed by atoms with E-state index in [0.717, 1.165) is 27.5 Å². The molecule has 1 N–H and O–H groups in total. The molecule has 4 aromatic carbocycles. The molecule has 0 aromatic heterocycles. The fourth-order valence-electron chi connectivity index (χ4n) is 4.73. The van der Waals surface area contributed by atoms with E-state index in [1.165, 1.54) is 24.3 Å². The molecule has 0 bridgehead atoms. The summed E-state index contributed by atoms with van der Waals surface area (Å²) in [5.74, 6) is 5.16. The highest BCUT2D eigenvalue weighted by Gasteiger charge is 2.33. The number of carbonyl (C=O) groups excluding carboxylic acids is 1. The van der Waals surface area contributed by atoms with Crippen molar-refractivity contribution in [3.05, 3.63) is 106 Å². The zero-order valence-electron chi connectivity index (χ0n) is 24.1. The third kappa shape index (κ3) is 7.15. The SMILES string of the molecule is CCOC(=O)[C@@H](OC(C)(C)C)c1c(C)cc2ccc(C#CC(C)(O)c3ccc(F)cc3)cc2c1-c1ccc(Cl)cc1. The van der Waals surface area contributed by atoms with Gasteiger partial charge >= 0.3 is 5.97 Å². The van der Waals surface area contributed by atoms with E-state index >= 15 is 0 Å². The molecule has 4 aromatic rings. The lowest BCUT2D eigenvalue weighted by molar-refractivity contribution is -0.166. The predicted octanol–water partition coefficient (Wildman–Crippen LogP) is 8.29. The number of aryl methyl sites for hydroxylation is 1. The standard InChI is InChI=1S/C35H34ClFO4/c1-7-40-33(38)32(41-34(3,4)5)30-22(2)20-25-9-8-23(18-19-35(6,39)26-12-16-28(37)17-13-26)21-29(25)31(30)24-10-14-27(36)15-11-24/h8-17,20-21,32,39H,7H2,1-6H3/t32-,35?/m0/s1. The first kappa shape index (κ1) is 30.3. The van der Waals surface area contributed by atoms with Crippen molar-refractivity contribution in [1.82, 2.24) is 0 Å². The van der Waals surface area contributed by atoms with Crippen LogP contribution in [0.25, 0.3) is 21.9 Å². The molecule has 4 nitrogen and oxygen atoms in total. The summed E-state index contributed by atoms with van der Waals surface area (Å²) in [7, 11) is 0. The molecule has 0 spiro atoms. The lowest BCUT2D eigenvalue weighted by Crippen LogP contribution is -2.29. The molecule has 4 rings (SSSR count). The van der Waals surface area contributed by atoms with Gasteiger partial charge in [-0.1, -0.05) is 59.8 Å². The van der Waals surface area contributed by atoms with Crippen LogP contribution in [0.15, 0.2) is 72.8 Å². The molecule has 0 saturated heterocycles. The molecule has 0 aliphatic carbocycles. The van der Waals surface area contributed by atoms with Crippen LogP contribution in [0.1, 0.15) is 63.0 Å². The number of hydrogen-bond donors (Lipinski definition) is 1. The third-order valence-electron chi connectivity index (χ3n) is 6.61. The second kappa shape index (κ2) is 12.0. The van der Waals surface area contributed by atoms with Gasteiger partial charge in [0.2, 0.25) is 0 Å². The molecular weight excluding hydrogens is 539 g/mol. The van der Waals surface area contributed by atoms with Gasteiger partial charge in [0.1, 0.15) is 11.4 Å². The Hall–Kier alpha value is -3.69. The molecule has 6 heteroatoms. The van der Waals surface area contributed by atoms with E-state index in [2.05, 4.69) is 11.8 Å². The predicted molar refractivity (Wildman–Crippen MR) is 162 cm³/mol. The summed E-state index contributed by atoms with van der Waals surface area (Å²) in [5, 5.41) is 13.4. The van der Waals surface area contributed by atoms with Gasteiger partial charge in [-0.3, -0.25) is 0 Å². The maximum Gasteiger partial charge on any atom is 0.339 e. The first-order valence-electron chi connectivity index (χ1n) is 13.5. The van der Waals surface area contributed by atoms with Crippen molar-refractivity contribution in [2.75, 3.05) is 6.61 Å². The molecule has 2 atom stereocenters. The van der Waals surface area contributed by atoms with Gasteiger partial charge < -0.3 is 14.6 Å². The van der Waals surface area contributed by atoms with Crippen molar-refractivity contribution in [3.63, 3.8) is 0 Å². The van der Waals surface area contributed by atoms with Crippen molar-refractivity contribution in [2.45, 2.75) is 58.8 Å². The van der Waals surface area contributed by atoms with Crippen LogP contribution in [-0.4, -0.2) is 23.3 Å². The van der Waals surface area contributed by atoms with E-state index in [1.807, 2.05) is 76.2 Å². The molecule has 212 valence electrons. The zero-order valence-corrected chi connectivity index (χ0v) is 24.9. The van der Waals surface area contributed by atoms with Gasteiger partial charge in [0.05, 0.1) is 12.2 Å². The second-order valence-electron chi connectivity index (χ2n) is 11.1. The van der Waals surface area contributed by atoms with Gasteiger partial charge in [-0.25, -0.2) is 9.18 Å². The Kier molecular flexibility index (Phi) is 8.89. The smallest absolute Gasteiger partial charge is 0.339 e. The van der Waals surface area contributed by atoms with Crippen LogP contribution in [0.3, 0.4) is 0 Å². The fourth-order valence-corrected chi connectivity index (χ4v) is 4.86. The monoisotopic (exact) mass is 572 g/mol. The van der Waals surface area contributed by atoms with Crippen LogP contribution in [0.5, 0.6) is 0 Å². The fraction of sp³-hybridized carbons (Fsp3) is 0.286. The van der Waals surface area contributed by atoms with Crippen LogP contribution in [0.2, 0.25) is 5.02 Å². The maximum atomic E-state index is 13.4. The second-order valence-corrected chi connectivity index (χ2v) is 11.6. The summed E-state index contributed by atoms with van der Waals surface area (Å²) in [4.78, 5) is 13.3. The van der Waals surface area contributed by atoms with Gasteiger partial charge in [-0.2, -0.15) is 0 Å². The van der Waals surface area contributed by atoms with Gasteiger partial charge in [0, 0.05) is 16.1 Å². The molecule has 0 aliphatic rings. The Bertz CT molecular complexity index is 1620. The van der Waals surface area contributed by atoms with Crippen LogP contribution in [-0.2, 0) is 19.9 Å². The molecule has 0 radical (unpaired) electrons. The number of fused-ring (bicyclic) bond motifs is 1. The van der Waals surface area contributed by atoms with Crippen molar-refractivity contribution in [2.24, 2.45) is 0 Å². The summed E-state index contributed by atoms with van der Waals surface area (Å²) < 4.78 is 25.2. The van der Waals surface area contributed by atoms with Crippen LogP contribution >= 0.6 is 11.6 Å². The summed E-state index contributed by atoms with van der Waals surface area (Å²) >= 11 is 6.24. The van der Waals surface area contributed by atoms with Crippen molar-refractivity contribution in [1.29, 1.82) is 0 Å². The molecule has 0 saturated carbocycles. The Labute approximate surface area is 246 Å². The summed E-state index contributed by atoms with van der Waals surface area (Å²) in [5.41, 5.74) is 2.28. The maximum absolute atomic E-state index is 13.4. The van der Waals surface area contributed by atoms with Crippen LogP contribution in [0.4, 0.5) is 4.39 Å². The van der Waals surface area contributed by atoms with E-state index < -0.39 is 23.3 Å². The Morgan fingerprint density at radius 2 is 1.66 bits per heavy atom. The highest BCUT2D eigenvalue weighted by molar-refractivity contribution is 6.30. The minimum atomic E-state index is -1.49. The Morgan fingerprint density at radius 3 is 2.27 bits per heavy atom. The number of ether oxygens (including phenoxy) is 2. The van der Waals surface area contributed by atoms with Gasteiger partial charge in [-0.05, 0) is 111 Å². The minimum absolute atomic E-state index is 0.222. The Morgan fingerprint density at radius 1 is 1.00 bits per heavy atom. The van der Waals surface area contributed by atoms with E-state index in [0.29, 0.717) is 21.7 Å². The first-order chi connectivity index (χ1) is 19.3. The topological polar surface area (TPSA) is 55.8 Å². The first-order valence-corrected chi connectivity index (χ1v) is 13.9. The van der Waals surface area contributed by atoms with Crippen molar-refractivity contribution >= 4 is 28.3 Å². The zero-order chi connectivity index (χ0) is 29.9. The number of benzene rings is 4. The van der Waals surface area contributed by atoms with E-state index in [4.69, 9.17) is 21.1 Å². The van der Waals surface area contributed by atoms with Crippen molar-refractivity contribution < 1.29 is 23.8 Å². The van der Waals surface area contributed by atoms with E-state index in [1.54, 1.807) is 13.8 Å². The van der Waals surface area contributed by atoms with Gasteiger partial charge in [0.25, 0.3) is 0 Å². The third-order valence-corrected chi connectivity index (χ3v) is 6.86. The normalized spacial score (nSPS) is 13.7. The number of hydrogen-bond acceptors (Lipinski definition) is 4. The molecule has 41 heavy (non-hydrogen) atoms. The number of halogens is 2. The number of carbonyl (C=O) groups is 1. The molecule has 0 amide bonds. The lowest BCUT2D eigenvalue weighted by atomic mass is 9.86. The summed E-state index contributed by atoms with van der Waals surface area (Å²) in [6.07, 6.45) is -0.973. The van der Waals surface area contributed by atoms with Gasteiger partial charge in [-0.15, -0.1) is 0 Å². The molecule has 0 aliphatic heterocycles. The van der Waals surface area contributed by atoms with E-state index in [-0.39, 0.29) is 12.4 Å². The quantitative estimate of drug-likeness (QED) is 0.186. The number of rotatable bonds is 6. The van der Waals surface area contributed by atoms with E-state index in [9.17, 15) is 14.3 Å². The largest absolute Gasteiger partial charge is 0.464 e. The molecule has 0 heterocycles. The van der Waals surface area contributed by atoms with Crippen molar-refractivity contribution in [3.8, 4) is 23.0 Å². The Balaban J connectivity index is 1.96. The lowest BCUT2D eigenvalue weighted by Gasteiger charge is -2.29. The number of aliphatic hydroxyl groups is 1. The van der Waals surface area contributed by atoms with Crippen LogP contribution < -0.4 is 0 Å². The highest BCUT2D eigenvalue weighted by atomic mass is 35.5.